The Morgan fingerprint density at radius 3 is 2.41 bits per heavy atom. The van der Waals surface area contributed by atoms with Crippen LogP contribution in [0.5, 0.6) is 0 Å². The topological polar surface area (TPSA) is 55.1 Å². The van der Waals surface area contributed by atoms with Crippen LogP contribution in [0.15, 0.2) is 24.3 Å². The molecule has 17 heavy (non-hydrogen) atoms. The van der Waals surface area contributed by atoms with Crippen LogP contribution >= 0.6 is 11.6 Å². The van der Waals surface area contributed by atoms with E-state index in [1.165, 1.54) is 0 Å². The Morgan fingerprint density at radius 1 is 1.35 bits per heavy atom. The maximum absolute atomic E-state index is 11.6. The molecule has 0 spiro atoms. The van der Waals surface area contributed by atoms with E-state index in [2.05, 4.69) is 19.2 Å². The summed E-state index contributed by atoms with van der Waals surface area (Å²) in [7, 11) is 0. The first-order chi connectivity index (χ1) is 8.04. The second-order valence-electron chi connectivity index (χ2n) is 4.38. The van der Waals surface area contributed by atoms with Gasteiger partial charge in [0.2, 0.25) is 5.91 Å². The van der Waals surface area contributed by atoms with Crippen LogP contribution in [0.3, 0.4) is 0 Å². The average molecular weight is 255 g/mol. The standard InChI is InChI=1S/C13H19ClN2O/c1-9(2)13(16-12(17)7-8-15)10-3-5-11(14)6-4-10/h3-6,9,13H,7-8,15H2,1-2H3,(H,16,17). The summed E-state index contributed by atoms with van der Waals surface area (Å²) < 4.78 is 0. The Bertz CT molecular complexity index is 362. The average Bonchev–Trinajstić information content (AvgIpc) is 2.27. The summed E-state index contributed by atoms with van der Waals surface area (Å²) in [5, 5.41) is 3.69. The van der Waals surface area contributed by atoms with Gasteiger partial charge >= 0.3 is 0 Å². The van der Waals surface area contributed by atoms with Gasteiger partial charge in [0.25, 0.3) is 0 Å². The Balaban J connectivity index is 2.79. The lowest BCUT2D eigenvalue weighted by Gasteiger charge is -2.23. The Labute approximate surface area is 107 Å². The first-order valence-corrected chi connectivity index (χ1v) is 6.17. The first kappa shape index (κ1) is 14.0. The summed E-state index contributed by atoms with van der Waals surface area (Å²) in [6.45, 7) is 4.52. The van der Waals surface area contributed by atoms with Gasteiger partial charge in [0.15, 0.2) is 0 Å². The van der Waals surface area contributed by atoms with Crippen LogP contribution < -0.4 is 11.1 Å². The van der Waals surface area contributed by atoms with Crippen molar-refractivity contribution in [3.05, 3.63) is 34.9 Å². The molecule has 3 N–H and O–H groups in total. The Hall–Kier alpha value is -1.06. The van der Waals surface area contributed by atoms with E-state index in [0.717, 1.165) is 5.56 Å². The van der Waals surface area contributed by atoms with E-state index in [0.29, 0.717) is 23.9 Å². The van der Waals surface area contributed by atoms with Crippen molar-refractivity contribution < 1.29 is 4.79 Å². The fourth-order valence-corrected chi connectivity index (χ4v) is 1.81. The maximum Gasteiger partial charge on any atom is 0.221 e. The van der Waals surface area contributed by atoms with Crippen LogP contribution in [0.1, 0.15) is 31.9 Å². The number of rotatable bonds is 5. The molecule has 94 valence electrons. The number of carbonyl (C=O) groups excluding carboxylic acids is 1. The van der Waals surface area contributed by atoms with E-state index in [1.54, 1.807) is 0 Å². The van der Waals surface area contributed by atoms with Crippen molar-refractivity contribution in [2.75, 3.05) is 6.54 Å². The summed E-state index contributed by atoms with van der Waals surface area (Å²) in [6.07, 6.45) is 0.358. The molecule has 0 saturated carbocycles. The molecule has 4 heteroatoms. The molecular formula is C13H19ClN2O. The van der Waals surface area contributed by atoms with E-state index in [9.17, 15) is 4.79 Å². The molecule has 0 saturated heterocycles. The van der Waals surface area contributed by atoms with Crippen molar-refractivity contribution in [3.8, 4) is 0 Å². The Morgan fingerprint density at radius 2 is 1.94 bits per heavy atom. The summed E-state index contributed by atoms with van der Waals surface area (Å²) in [6, 6.07) is 7.56. The van der Waals surface area contributed by atoms with Crippen LogP contribution in [0.25, 0.3) is 0 Å². The third-order valence-corrected chi connectivity index (χ3v) is 2.84. The molecule has 0 fully saturated rings. The fourth-order valence-electron chi connectivity index (χ4n) is 1.68. The zero-order chi connectivity index (χ0) is 12.8. The SMILES string of the molecule is CC(C)C(NC(=O)CCN)c1ccc(Cl)cc1. The third kappa shape index (κ3) is 4.36. The van der Waals surface area contributed by atoms with Crippen LogP contribution in [0.2, 0.25) is 5.02 Å². The molecule has 0 aliphatic heterocycles. The summed E-state index contributed by atoms with van der Waals surface area (Å²) in [4.78, 5) is 11.6. The van der Waals surface area contributed by atoms with Crippen LogP contribution in [-0.2, 0) is 4.79 Å². The van der Waals surface area contributed by atoms with Gasteiger partial charge in [0.05, 0.1) is 6.04 Å². The van der Waals surface area contributed by atoms with Gasteiger partial charge in [0.1, 0.15) is 0 Å². The van der Waals surface area contributed by atoms with Gasteiger partial charge in [-0.25, -0.2) is 0 Å². The summed E-state index contributed by atoms with van der Waals surface area (Å²) >= 11 is 5.85. The molecule has 3 nitrogen and oxygen atoms in total. The number of halogens is 1. The highest BCUT2D eigenvalue weighted by atomic mass is 35.5. The zero-order valence-electron chi connectivity index (χ0n) is 10.2. The number of amides is 1. The predicted octanol–water partition coefficient (Wildman–Crippen LogP) is 2.50. The van der Waals surface area contributed by atoms with Gasteiger partial charge in [-0.2, -0.15) is 0 Å². The highest BCUT2D eigenvalue weighted by molar-refractivity contribution is 6.30. The molecule has 0 heterocycles. The smallest absolute Gasteiger partial charge is 0.221 e. The van der Waals surface area contributed by atoms with Gasteiger partial charge in [-0.15, -0.1) is 0 Å². The van der Waals surface area contributed by atoms with Crippen molar-refractivity contribution in [1.82, 2.24) is 5.32 Å². The fraction of sp³-hybridized carbons (Fsp3) is 0.462. The normalized spacial score (nSPS) is 12.5. The van der Waals surface area contributed by atoms with E-state index in [4.69, 9.17) is 17.3 Å². The van der Waals surface area contributed by atoms with E-state index in [1.807, 2.05) is 24.3 Å². The molecule has 1 rings (SSSR count). The molecule has 0 aliphatic rings. The number of benzene rings is 1. The Kier molecular flexibility index (Phi) is 5.45. The predicted molar refractivity (Wildman–Crippen MR) is 70.8 cm³/mol. The highest BCUT2D eigenvalue weighted by Gasteiger charge is 2.17. The van der Waals surface area contributed by atoms with Crippen LogP contribution in [0, 0.1) is 5.92 Å². The molecule has 1 atom stereocenters. The number of nitrogens with one attached hydrogen (secondary N) is 1. The van der Waals surface area contributed by atoms with Crippen molar-refractivity contribution in [2.45, 2.75) is 26.3 Å². The molecule has 0 aromatic heterocycles. The molecule has 1 unspecified atom stereocenters. The van der Waals surface area contributed by atoms with E-state index < -0.39 is 0 Å². The largest absolute Gasteiger partial charge is 0.349 e. The van der Waals surface area contributed by atoms with Gasteiger partial charge in [-0.3, -0.25) is 4.79 Å². The van der Waals surface area contributed by atoms with Gasteiger partial charge in [-0.1, -0.05) is 37.6 Å². The monoisotopic (exact) mass is 254 g/mol. The van der Waals surface area contributed by atoms with Crippen molar-refractivity contribution in [2.24, 2.45) is 11.7 Å². The minimum Gasteiger partial charge on any atom is -0.349 e. The molecule has 0 radical (unpaired) electrons. The highest BCUT2D eigenvalue weighted by Crippen LogP contribution is 2.23. The minimum atomic E-state index is -0.0128. The van der Waals surface area contributed by atoms with Crippen molar-refractivity contribution in [1.29, 1.82) is 0 Å². The summed E-state index contributed by atoms with van der Waals surface area (Å²) in [5.74, 6) is 0.305. The summed E-state index contributed by atoms with van der Waals surface area (Å²) in [5.41, 5.74) is 6.43. The maximum atomic E-state index is 11.6. The van der Waals surface area contributed by atoms with Crippen molar-refractivity contribution in [3.63, 3.8) is 0 Å². The third-order valence-electron chi connectivity index (χ3n) is 2.58. The molecule has 0 bridgehead atoms. The number of nitrogens with two attached hydrogens (primary N) is 1. The number of hydrogen-bond donors (Lipinski definition) is 2. The lowest BCUT2D eigenvalue weighted by Crippen LogP contribution is -2.32. The molecule has 0 aliphatic carbocycles. The van der Waals surface area contributed by atoms with E-state index >= 15 is 0 Å². The second-order valence-corrected chi connectivity index (χ2v) is 4.82. The zero-order valence-corrected chi connectivity index (χ0v) is 11.0. The number of carbonyl (C=O) groups is 1. The molecule has 1 aromatic carbocycles. The quantitative estimate of drug-likeness (QED) is 0.848. The second kappa shape index (κ2) is 6.62. The number of hydrogen-bond acceptors (Lipinski definition) is 2. The van der Waals surface area contributed by atoms with Crippen LogP contribution in [0.4, 0.5) is 0 Å². The lowest BCUT2D eigenvalue weighted by atomic mass is 9.96. The van der Waals surface area contributed by atoms with Crippen molar-refractivity contribution >= 4 is 17.5 Å². The molecular weight excluding hydrogens is 236 g/mol. The minimum absolute atomic E-state index is 0.00585. The van der Waals surface area contributed by atoms with Crippen LogP contribution in [-0.4, -0.2) is 12.5 Å². The molecule has 1 aromatic rings. The van der Waals surface area contributed by atoms with Gasteiger partial charge < -0.3 is 11.1 Å². The first-order valence-electron chi connectivity index (χ1n) is 5.79. The van der Waals surface area contributed by atoms with Gasteiger partial charge in [0, 0.05) is 18.0 Å². The lowest BCUT2D eigenvalue weighted by molar-refractivity contribution is -0.122. The van der Waals surface area contributed by atoms with E-state index in [-0.39, 0.29) is 11.9 Å². The molecule has 1 amide bonds. The van der Waals surface area contributed by atoms with Gasteiger partial charge in [-0.05, 0) is 23.6 Å².